The molecule has 1 N–H and O–H groups in total. The quantitative estimate of drug-likeness (QED) is 0.778. The molecule has 3 heteroatoms. The molecule has 0 spiro atoms. The number of nitrogens with zero attached hydrogens (tertiary/aromatic N) is 2. The van der Waals surface area contributed by atoms with Crippen LogP contribution in [0.1, 0.15) is 31.9 Å². The lowest BCUT2D eigenvalue weighted by molar-refractivity contribution is 0.104. The first-order valence-electron chi connectivity index (χ1n) is 8.44. The van der Waals surface area contributed by atoms with Crippen LogP contribution in [0.25, 0.3) is 0 Å². The lowest BCUT2D eigenvalue weighted by atomic mass is 10.1. The van der Waals surface area contributed by atoms with Crippen LogP contribution in [-0.4, -0.2) is 55.1 Å². The molecule has 2 rings (SSSR count). The van der Waals surface area contributed by atoms with E-state index in [9.17, 15) is 0 Å². The maximum Gasteiger partial charge on any atom is 0.0234 e. The highest BCUT2D eigenvalue weighted by molar-refractivity contribution is 5.22. The molecule has 1 saturated heterocycles. The van der Waals surface area contributed by atoms with Gasteiger partial charge in [0.2, 0.25) is 0 Å². The molecule has 1 aliphatic rings. The standard InChI is InChI=1S/C18H31N3/c1-4-19-10-9-17-5-7-18(8-6-17)15-20-11-13-21(14-12-20)16(2)3/h5-8,16,19H,4,9-15H2,1-3H3. The highest BCUT2D eigenvalue weighted by atomic mass is 15.3. The van der Waals surface area contributed by atoms with Crippen molar-refractivity contribution in [1.29, 1.82) is 0 Å². The second-order valence-corrected chi connectivity index (χ2v) is 6.33. The molecule has 1 aliphatic heterocycles. The number of hydrogen-bond acceptors (Lipinski definition) is 3. The first kappa shape index (κ1) is 16.5. The molecule has 0 radical (unpaired) electrons. The summed E-state index contributed by atoms with van der Waals surface area (Å²) < 4.78 is 0. The summed E-state index contributed by atoms with van der Waals surface area (Å²) >= 11 is 0. The Morgan fingerprint density at radius 3 is 2.19 bits per heavy atom. The van der Waals surface area contributed by atoms with Crippen molar-refractivity contribution in [3.63, 3.8) is 0 Å². The summed E-state index contributed by atoms with van der Waals surface area (Å²) in [6.07, 6.45) is 1.13. The average molecular weight is 289 g/mol. The number of likely N-dealkylation sites (N-methyl/N-ethyl adjacent to an activating group) is 1. The Hall–Kier alpha value is -0.900. The van der Waals surface area contributed by atoms with E-state index >= 15 is 0 Å². The van der Waals surface area contributed by atoms with E-state index in [0.717, 1.165) is 26.1 Å². The third-order valence-corrected chi connectivity index (χ3v) is 4.41. The van der Waals surface area contributed by atoms with Gasteiger partial charge in [-0.2, -0.15) is 0 Å². The van der Waals surface area contributed by atoms with E-state index in [4.69, 9.17) is 0 Å². The minimum Gasteiger partial charge on any atom is -0.317 e. The van der Waals surface area contributed by atoms with E-state index < -0.39 is 0 Å². The van der Waals surface area contributed by atoms with Crippen molar-refractivity contribution in [3.8, 4) is 0 Å². The van der Waals surface area contributed by atoms with Gasteiger partial charge >= 0.3 is 0 Å². The largest absolute Gasteiger partial charge is 0.317 e. The predicted molar refractivity (Wildman–Crippen MR) is 90.7 cm³/mol. The van der Waals surface area contributed by atoms with Crippen molar-refractivity contribution in [3.05, 3.63) is 35.4 Å². The molecule has 0 amide bonds. The molecule has 1 fully saturated rings. The summed E-state index contributed by atoms with van der Waals surface area (Å²) in [5, 5.41) is 3.38. The second kappa shape index (κ2) is 8.52. The fraction of sp³-hybridized carbons (Fsp3) is 0.667. The first-order chi connectivity index (χ1) is 10.2. The van der Waals surface area contributed by atoms with Gasteiger partial charge in [-0.05, 0) is 44.5 Å². The van der Waals surface area contributed by atoms with Gasteiger partial charge < -0.3 is 5.32 Å². The molecule has 1 aromatic rings. The van der Waals surface area contributed by atoms with E-state index in [-0.39, 0.29) is 0 Å². The molecule has 0 bridgehead atoms. The highest BCUT2D eigenvalue weighted by Crippen LogP contribution is 2.11. The van der Waals surface area contributed by atoms with Crippen molar-refractivity contribution in [2.75, 3.05) is 39.3 Å². The van der Waals surface area contributed by atoms with E-state index in [0.29, 0.717) is 6.04 Å². The number of rotatable bonds is 7. The summed E-state index contributed by atoms with van der Waals surface area (Å²) in [7, 11) is 0. The lowest BCUT2D eigenvalue weighted by Gasteiger charge is -2.36. The van der Waals surface area contributed by atoms with Crippen LogP contribution >= 0.6 is 0 Å². The predicted octanol–water partition coefficient (Wildman–Crippen LogP) is 2.36. The molecule has 21 heavy (non-hydrogen) atoms. The average Bonchev–Trinajstić information content (AvgIpc) is 2.50. The number of benzene rings is 1. The maximum absolute atomic E-state index is 3.38. The third kappa shape index (κ3) is 5.42. The van der Waals surface area contributed by atoms with Gasteiger partial charge in [-0.25, -0.2) is 0 Å². The van der Waals surface area contributed by atoms with Crippen LogP contribution in [-0.2, 0) is 13.0 Å². The molecule has 0 aliphatic carbocycles. The molecule has 0 saturated carbocycles. The minimum atomic E-state index is 0.683. The molecule has 1 heterocycles. The Balaban J connectivity index is 1.76. The monoisotopic (exact) mass is 289 g/mol. The minimum absolute atomic E-state index is 0.683. The van der Waals surface area contributed by atoms with Crippen LogP contribution in [0.3, 0.4) is 0 Å². The summed E-state index contributed by atoms with van der Waals surface area (Å²) in [5.41, 5.74) is 2.88. The van der Waals surface area contributed by atoms with E-state index in [1.165, 1.54) is 37.3 Å². The van der Waals surface area contributed by atoms with Crippen molar-refractivity contribution < 1.29 is 0 Å². The van der Waals surface area contributed by atoms with Gasteiger partial charge in [-0.1, -0.05) is 31.2 Å². The Morgan fingerprint density at radius 1 is 1.00 bits per heavy atom. The van der Waals surface area contributed by atoms with E-state index in [1.807, 2.05) is 0 Å². The zero-order valence-electron chi connectivity index (χ0n) is 13.9. The van der Waals surface area contributed by atoms with E-state index in [1.54, 1.807) is 0 Å². The van der Waals surface area contributed by atoms with Crippen molar-refractivity contribution in [2.24, 2.45) is 0 Å². The molecular formula is C18H31N3. The third-order valence-electron chi connectivity index (χ3n) is 4.41. The summed E-state index contributed by atoms with van der Waals surface area (Å²) in [4.78, 5) is 5.15. The smallest absolute Gasteiger partial charge is 0.0234 e. The second-order valence-electron chi connectivity index (χ2n) is 6.33. The summed E-state index contributed by atoms with van der Waals surface area (Å²) in [6.45, 7) is 14.8. The Labute approximate surface area is 130 Å². The van der Waals surface area contributed by atoms with Gasteiger partial charge in [0.05, 0.1) is 0 Å². The Morgan fingerprint density at radius 2 is 1.62 bits per heavy atom. The highest BCUT2D eigenvalue weighted by Gasteiger charge is 2.18. The van der Waals surface area contributed by atoms with Crippen LogP contribution in [0, 0.1) is 0 Å². The molecule has 3 nitrogen and oxygen atoms in total. The topological polar surface area (TPSA) is 18.5 Å². The SMILES string of the molecule is CCNCCc1ccc(CN2CCN(C(C)C)CC2)cc1. The van der Waals surface area contributed by atoms with Crippen LogP contribution in [0.5, 0.6) is 0 Å². The van der Waals surface area contributed by atoms with Crippen LogP contribution in [0.2, 0.25) is 0 Å². The molecule has 118 valence electrons. The lowest BCUT2D eigenvalue weighted by Crippen LogP contribution is -2.48. The molecule has 1 aromatic carbocycles. The van der Waals surface area contributed by atoms with Gasteiger partial charge in [-0.15, -0.1) is 0 Å². The van der Waals surface area contributed by atoms with Gasteiger partial charge in [0.1, 0.15) is 0 Å². The van der Waals surface area contributed by atoms with E-state index in [2.05, 4.69) is 60.2 Å². The van der Waals surface area contributed by atoms with Gasteiger partial charge in [0.25, 0.3) is 0 Å². The molecular weight excluding hydrogens is 258 g/mol. The van der Waals surface area contributed by atoms with Crippen molar-refractivity contribution >= 4 is 0 Å². The fourth-order valence-electron chi connectivity index (χ4n) is 2.92. The van der Waals surface area contributed by atoms with Crippen molar-refractivity contribution in [1.82, 2.24) is 15.1 Å². The summed E-state index contributed by atoms with van der Waals surface area (Å²) in [6, 6.07) is 9.86. The van der Waals surface area contributed by atoms with Crippen LogP contribution < -0.4 is 5.32 Å². The normalized spacial score (nSPS) is 17.5. The van der Waals surface area contributed by atoms with Crippen LogP contribution in [0.4, 0.5) is 0 Å². The summed E-state index contributed by atoms with van der Waals surface area (Å²) in [5.74, 6) is 0. The number of nitrogens with one attached hydrogen (secondary N) is 1. The number of hydrogen-bond donors (Lipinski definition) is 1. The van der Waals surface area contributed by atoms with Gasteiger partial charge in [0.15, 0.2) is 0 Å². The van der Waals surface area contributed by atoms with Crippen molar-refractivity contribution in [2.45, 2.75) is 39.8 Å². The van der Waals surface area contributed by atoms with Gasteiger partial charge in [-0.3, -0.25) is 9.80 Å². The maximum atomic E-state index is 3.38. The molecule has 0 unspecified atom stereocenters. The zero-order chi connectivity index (χ0) is 15.1. The molecule has 0 atom stereocenters. The van der Waals surface area contributed by atoms with Crippen LogP contribution in [0.15, 0.2) is 24.3 Å². The Kier molecular flexibility index (Phi) is 6.68. The Bertz CT molecular complexity index is 391. The first-order valence-corrected chi connectivity index (χ1v) is 8.44. The van der Waals surface area contributed by atoms with Gasteiger partial charge in [0, 0.05) is 38.8 Å². The molecule has 0 aromatic heterocycles. The number of piperazine rings is 1. The fourth-order valence-corrected chi connectivity index (χ4v) is 2.92. The zero-order valence-corrected chi connectivity index (χ0v) is 13.9.